The van der Waals surface area contributed by atoms with Crippen molar-refractivity contribution < 1.29 is 23.7 Å². The van der Waals surface area contributed by atoms with E-state index in [0.29, 0.717) is 34.8 Å². The van der Waals surface area contributed by atoms with E-state index in [4.69, 9.17) is 18.9 Å². The van der Waals surface area contributed by atoms with Crippen molar-refractivity contribution in [3.05, 3.63) is 65.7 Å². The number of nitrogens with zero attached hydrogens (tertiary/aromatic N) is 1. The van der Waals surface area contributed by atoms with Gasteiger partial charge >= 0.3 is 5.97 Å². The summed E-state index contributed by atoms with van der Waals surface area (Å²) in [5.74, 6) is 1.48. The molecule has 1 unspecified atom stereocenters. The average molecular weight is 504 g/mol. The molecular weight excluding hydrogens is 466 g/mol. The minimum atomic E-state index is -0.685. The number of ether oxygens (including phenoxy) is 4. The molecule has 0 fully saturated rings. The fourth-order valence-electron chi connectivity index (χ4n) is 4.02. The molecule has 37 heavy (non-hydrogen) atoms. The Morgan fingerprint density at radius 2 is 1.70 bits per heavy atom. The number of benzene rings is 2. The summed E-state index contributed by atoms with van der Waals surface area (Å²) in [5, 5.41) is 9.73. The van der Waals surface area contributed by atoms with E-state index in [1.807, 2.05) is 30.3 Å². The van der Waals surface area contributed by atoms with E-state index in [1.165, 1.54) is 38.5 Å². The first-order chi connectivity index (χ1) is 18.0. The normalized spacial score (nSPS) is 13.1. The Morgan fingerprint density at radius 1 is 1.03 bits per heavy atom. The largest absolute Gasteiger partial charge is 0.455 e. The Bertz CT molecular complexity index is 1110. The number of fused-ring (bicyclic) bond motifs is 1. The smallest absolute Gasteiger partial charge is 0.336 e. The summed E-state index contributed by atoms with van der Waals surface area (Å²) >= 11 is 0. The lowest BCUT2D eigenvalue weighted by Gasteiger charge is -2.20. The molecule has 0 N–H and O–H groups in total. The summed E-state index contributed by atoms with van der Waals surface area (Å²) in [6.07, 6.45) is 11.3. The third kappa shape index (κ3) is 9.02. The minimum absolute atomic E-state index is 0.205. The van der Waals surface area contributed by atoms with E-state index < -0.39 is 12.3 Å². The van der Waals surface area contributed by atoms with Crippen LogP contribution < -0.4 is 14.2 Å². The first kappa shape index (κ1) is 27.9. The molecule has 0 spiro atoms. The van der Waals surface area contributed by atoms with E-state index in [2.05, 4.69) is 19.6 Å². The van der Waals surface area contributed by atoms with Gasteiger partial charge in [0.2, 0.25) is 13.1 Å². The molecule has 1 heterocycles. The van der Waals surface area contributed by atoms with Gasteiger partial charge in [0.1, 0.15) is 5.75 Å². The molecule has 0 saturated carbocycles. The third-order valence-corrected chi connectivity index (χ3v) is 6.14. The molecule has 0 amide bonds. The lowest BCUT2D eigenvalue weighted by atomic mass is 10.0. The number of carbonyl (C=O) groups is 1. The van der Waals surface area contributed by atoms with Gasteiger partial charge in [-0.25, -0.2) is 4.79 Å². The number of hydrogen-bond donors (Lipinski definition) is 0. The summed E-state index contributed by atoms with van der Waals surface area (Å²) in [6.45, 7) is 7.73. The summed E-state index contributed by atoms with van der Waals surface area (Å²) in [6, 6.07) is 15.0. The minimum Gasteiger partial charge on any atom is -0.455 e. The second-order valence-corrected chi connectivity index (χ2v) is 9.30. The number of nitriles is 1. The van der Waals surface area contributed by atoms with Crippen molar-refractivity contribution >= 4 is 17.6 Å². The average Bonchev–Trinajstić information content (AvgIpc) is 3.37. The summed E-state index contributed by atoms with van der Waals surface area (Å²) < 4.78 is 22.3. The Labute approximate surface area is 220 Å². The highest BCUT2D eigenvalue weighted by atomic mass is 16.7. The summed E-state index contributed by atoms with van der Waals surface area (Å²) in [5.41, 5.74) is 2.45. The van der Waals surface area contributed by atoms with Crippen LogP contribution in [0.3, 0.4) is 0 Å². The van der Waals surface area contributed by atoms with Crippen LogP contribution >= 0.6 is 0 Å². The van der Waals surface area contributed by atoms with Gasteiger partial charge in [-0.15, -0.1) is 0 Å². The first-order valence-electron chi connectivity index (χ1n) is 13.1. The predicted molar refractivity (Wildman–Crippen MR) is 145 cm³/mol. The van der Waals surface area contributed by atoms with E-state index in [9.17, 15) is 10.1 Å². The van der Waals surface area contributed by atoms with E-state index in [-0.39, 0.29) is 6.79 Å². The SMILES string of the molecule is C=C(C)C(=O)OC(CCCCCCCCCC)Oc1ccc(/C(C#N)=C/c2ccc3c(c2)OCO3)cc1. The maximum Gasteiger partial charge on any atom is 0.336 e. The number of allylic oxidation sites excluding steroid dienone is 1. The molecule has 0 radical (unpaired) electrons. The van der Waals surface area contributed by atoms with E-state index >= 15 is 0 Å². The van der Waals surface area contributed by atoms with Crippen molar-refractivity contribution in [2.45, 2.75) is 77.9 Å². The first-order valence-corrected chi connectivity index (χ1v) is 13.1. The summed E-state index contributed by atoms with van der Waals surface area (Å²) in [4.78, 5) is 12.1. The van der Waals surface area contributed by atoms with Gasteiger partial charge in [0.15, 0.2) is 11.5 Å². The Morgan fingerprint density at radius 3 is 2.38 bits per heavy atom. The fourth-order valence-corrected chi connectivity index (χ4v) is 4.02. The lowest BCUT2D eigenvalue weighted by Crippen LogP contribution is -2.24. The van der Waals surface area contributed by atoms with Crippen molar-refractivity contribution in [3.8, 4) is 23.3 Å². The van der Waals surface area contributed by atoms with Crippen LogP contribution in [0.4, 0.5) is 0 Å². The molecule has 2 aromatic rings. The number of hydrogen-bond acceptors (Lipinski definition) is 6. The zero-order valence-corrected chi connectivity index (χ0v) is 22.0. The van der Waals surface area contributed by atoms with E-state index in [1.54, 1.807) is 25.1 Å². The topological polar surface area (TPSA) is 77.8 Å². The standard InChI is InChI=1S/C31H37NO5/c1-4-5-6-7-8-9-10-11-12-30(37-31(33)23(2)3)36-27-16-14-25(15-17-27)26(21-32)19-24-13-18-28-29(20-24)35-22-34-28/h13-20,30H,2,4-12,22H2,1,3H3/b26-19+. The molecule has 3 rings (SSSR count). The van der Waals surface area contributed by atoms with Gasteiger partial charge in [0.05, 0.1) is 11.6 Å². The van der Waals surface area contributed by atoms with Gasteiger partial charge in [0.25, 0.3) is 0 Å². The van der Waals surface area contributed by atoms with Crippen LogP contribution in [-0.4, -0.2) is 19.1 Å². The van der Waals surface area contributed by atoms with Gasteiger partial charge in [-0.05, 0) is 66.9 Å². The van der Waals surface area contributed by atoms with Crippen LogP contribution in [0.5, 0.6) is 17.2 Å². The maximum absolute atomic E-state index is 12.1. The van der Waals surface area contributed by atoms with Crippen molar-refractivity contribution in [2.24, 2.45) is 0 Å². The number of unbranched alkanes of at least 4 members (excludes halogenated alkanes) is 7. The highest BCUT2D eigenvalue weighted by Gasteiger charge is 2.17. The zero-order chi connectivity index (χ0) is 26.5. The lowest BCUT2D eigenvalue weighted by molar-refractivity contribution is -0.159. The van der Waals surface area contributed by atoms with Crippen LogP contribution in [0, 0.1) is 11.3 Å². The van der Waals surface area contributed by atoms with E-state index in [0.717, 1.165) is 24.0 Å². The predicted octanol–water partition coefficient (Wildman–Crippen LogP) is 7.83. The highest BCUT2D eigenvalue weighted by Crippen LogP contribution is 2.33. The molecule has 0 saturated heterocycles. The van der Waals surface area contributed by atoms with Crippen molar-refractivity contribution in [2.75, 3.05) is 6.79 Å². The highest BCUT2D eigenvalue weighted by molar-refractivity contribution is 5.90. The van der Waals surface area contributed by atoms with Crippen LogP contribution in [0.25, 0.3) is 11.6 Å². The molecule has 1 aliphatic heterocycles. The molecule has 2 aromatic carbocycles. The second kappa shape index (κ2) is 14.7. The fraction of sp³-hybridized carbons (Fsp3) is 0.419. The molecule has 0 aliphatic carbocycles. The molecule has 196 valence electrons. The van der Waals surface area contributed by atoms with Gasteiger partial charge in [-0.2, -0.15) is 5.26 Å². The molecule has 1 aliphatic rings. The molecule has 1 atom stereocenters. The second-order valence-electron chi connectivity index (χ2n) is 9.30. The van der Waals surface area contributed by atoms with Gasteiger partial charge < -0.3 is 18.9 Å². The van der Waals surface area contributed by atoms with Crippen molar-refractivity contribution in [3.63, 3.8) is 0 Å². The third-order valence-electron chi connectivity index (χ3n) is 6.14. The van der Waals surface area contributed by atoms with Crippen LogP contribution in [0.15, 0.2) is 54.6 Å². The molecule has 6 nitrogen and oxygen atoms in total. The van der Waals surface area contributed by atoms with Gasteiger partial charge in [0, 0.05) is 12.0 Å². The maximum atomic E-state index is 12.1. The number of esters is 1. The Balaban J connectivity index is 1.59. The van der Waals surface area contributed by atoms with Crippen molar-refractivity contribution in [1.82, 2.24) is 0 Å². The molecule has 0 aromatic heterocycles. The van der Waals surface area contributed by atoms with Crippen LogP contribution in [0.1, 0.15) is 82.8 Å². The van der Waals surface area contributed by atoms with Crippen LogP contribution in [0.2, 0.25) is 0 Å². The molecule has 0 bridgehead atoms. The summed E-state index contributed by atoms with van der Waals surface area (Å²) in [7, 11) is 0. The van der Waals surface area contributed by atoms with Gasteiger partial charge in [-0.1, -0.05) is 64.5 Å². The molecular formula is C31H37NO5. The Kier molecular flexibility index (Phi) is 11.1. The quantitative estimate of drug-likeness (QED) is 0.0615. The molecule has 6 heteroatoms. The zero-order valence-electron chi connectivity index (χ0n) is 22.0. The van der Waals surface area contributed by atoms with Crippen molar-refractivity contribution in [1.29, 1.82) is 5.26 Å². The monoisotopic (exact) mass is 503 g/mol. The Hall–Kier alpha value is -3.72. The van der Waals surface area contributed by atoms with Gasteiger partial charge in [-0.3, -0.25) is 0 Å². The number of rotatable bonds is 15. The van der Waals surface area contributed by atoms with Crippen LogP contribution in [-0.2, 0) is 9.53 Å². The number of carbonyl (C=O) groups excluding carboxylic acids is 1.